The van der Waals surface area contributed by atoms with E-state index in [9.17, 15) is 0 Å². The van der Waals surface area contributed by atoms with Crippen molar-refractivity contribution in [3.05, 3.63) is 298 Å². The fourth-order valence-electron chi connectivity index (χ4n) is 11.5. The Bertz CT molecular complexity index is 3400. The SMILES string of the molecule is CC(C)c1cccc(C(C)C)c1[N-]c1cc(C(C)(C)C)cc2c1Oc1c([N-]c3c(C(C)C)cccc3C(C)C)cc(C(C)(C)C)cc1C2(C)C.[Al+3].[Au].[Au].[I-].c1ccc(P(c2ccccc2)c2ccccc2)cc1.c1ccc(P(c2ccccc2)c2ccccc2)cc1. The molecule has 11 rings (SSSR count). The minimum Gasteiger partial charge on any atom is -1.00 e. The number of halogens is 1. The van der Waals surface area contributed by atoms with Crippen molar-refractivity contribution < 1.29 is 73.5 Å². The van der Waals surface area contributed by atoms with Crippen LogP contribution in [0.25, 0.3) is 10.6 Å². The van der Waals surface area contributed by atoms with E-state index in [4.69, 9.17) is 15.4 Å². The summed E-state index contributed by atoms with van der Waals surface area (Å²) in [6.45, 7) is 36.5. The van der Waals surface area contributed by atoms with Crippen LogP contribution < -0.4 is 60.5 Å². The van der Waals surface area contributed by atoms with Crippen molar-refractivity contribution in [2.75, 3.05) is 0 Å². The second-order valence-corrected chi connectivity index (χ2v) is 31.5. The number of hydrogen-bond acceptors (Lipinski definition) is 1. The molecule has 0 amide bonds. The molecule has 1 aliphatic rings. The van der Waals surface area contributed by atoms with Gasteiger partial charge < -0.3 is 39.3 Å². The number of para-hydroxylation sites is 2. The average molecular weight is 1740 g/mol. The molecule has 0 bridgehead atoms. The number of rotatable bonds is 14. The molecular formula is C83H92AlAu2IN2OP2. The molecule has 10 aromatic rings. The third-order valence-electron chi connectivity index (χ3n) is 16.7. The summed E-state index contributed by atoms with van der Waals surface area (Å²) in [4.78, 5) is 0. The van der Waals surface area contributed by atoms with Crippen LogP contribution in [0.1, 0.15) is 179 Å². The monoisotopic (exact) mass is 1740 g/mol. The van der Waals surface area contributed by atoms with E-state index in [-0.39, 0.29) is 102 Å². The summed E-state index contributed by atoms with van der Waals surface area (Å²) in [5, 5.41) is 19.6. The number of ether oxygens (including phenoxy) is 1. The van der Waals surface area contributed by atoms with Crippen molar-refractivity contribution in [2.24, 2.45) is 0 Å². The van der Waals surface area contributed by atoms with Gasteiger partial charge in [-0.25, -0.2) is 0 Å². The van der Waals surface area contributed by atoms with Crippen LogP contribution in [0.3, 0.4) is 0 Å². The van der Waals surface area contributed by atoms with Gasteiger partial charge in [0.15, 0.2) is 0 Å². The van der Waals surface area contributed by atoms with Crippen LogP contribution in [0.2, 0.25) is 0 Å². The first kappa shape index (κ1) is 77.9. The minimum absolute atomic E-state index is 0. The quantitative estimate of drug-likeness (QED) is 0.0607. The van der Waals surface area contributed by atoms with Crippen molar-refractivity contribution in [1.82, 2.24) is 0 Å². The van der Waals surface area contributed by atoms with Gasteiger partial charge in [-0.15, -0.1) is 11.4 Å². The van der Waals surface area contributed by atoms with Gasteiger partial charge in [-0.05, 0) is 93.3 Å². The standard InChI is InChI=1S/C47H62N2O.2C18H15P.Al.2Au.HI/c1-27(2)33-19-17-20-34(28(3)4)41(33)48-39-25-31(45(9,10)11)23-37-43(39)50-44-38(47(37,15)16)24-32(46(12,13)14)26-40(44)49-42-35(29(5)6)21-18-22-36(42)30(7)8;2*1-4-10-16(11-5-1)19(17-12-6-2-7-13-17)18-14-8-3-9-15-18;;;;/h17-30H,1-16H3;2*1-15H;;;;1H/q-2;;;+3;;;/p-1. The van der Waals surface area contributed by atoms with Crippen LogP contribution in [0.5, 0.6) is 11.5 Å². The summed E-state index contributed by atoms with van der Waals surface area (Å²) in [6, 6.07) is 87.2. The molecule has 0 saturated carbocycles. The summed E-state index contributed by atoms with van der Waals surface area (Å²) >= 11 is 0. The Kier molecular flexibility index (Phi) is 29.4. The molecule has 1 aliphatic heterocycles. The van der Waals surface area contributed by atoms with Crippen molar-refractivity contribution in [3.63, 3.8) is 0 Å². The number of benzene rings is 10. The van der Waals surface area contributed by atoms with E-state index in [1.54, 1.807) is 0 Å². The number of nitrogens with zero attached hydrogens (tertiary/aromatic N) is 2. The molecule has 9 heteroatoms. The van der Waals surface area contributed by atoms with Crippen molar-refractivity contribution in [3.8, 4) is 11.5 Å². The van der Waals surface area contributed by atoms with E-state index < -0.39 is 15.8 Å². The molecule has 3 nitrogen and oxygen atoms in total. The fourth-order valence-corrected chi connectivity index (χ4v) is 16.1. The van der Waals surface area contributed by atoms with Crippen molar-refractivity contribution in [1.29, 1.82) is 0 Å². The molecule has 92 heavy (non-hydrogen) atoms. The molecule has 10 aromatic carbocycles. The van der Waals surface area contributed by atoms with Crippen LogP contribution in [0.15, 0.2) is 243 Å². The Morgan fingerprint density at radius 3 is 0.750 bits per heavy atom. The number of fused-ring (bicyclic) bond motifs is 2. The van der Waals surface area contributed by atoms with Gasteiger partial charge in [0.2, 0.25) is 0 Å². The van der Waals surface area contributed by atoms with Gasteiger partial charge in [-0.1, -0.05) is 387 Å². The molecule has 0 aliphatic carbocycles. The Hall–Kier alpha value is -4.80. The van der Waals surface area contributed by atoms with Gasteiger partial charge in [0, 0.05) is 61.3 Å². The van der Waals surface area contributed by atoms with Gasteiger partial charge in [-0.2, -0.15) is 0 Å². The Morgan fingerprint density at radius 1 is 0.337 bits per heavy atom. The van der Waals surface area contributed by atoms with Gasteiger partial charge in [0.25, 0.3) is 0 Å². The Balaban J connectivity index is 0.000000298. The van der Waals surface area contributed by atoms with Crippen LogP contribution in [0.4, 0.5) is 22.7 Å². The second kappa shape index (κ2) is 34.7. The molecule has 482 valence electrons. The first-order chi connectivity index (χ1) is 42.0. The van der Waals surface area contributed by atoms with Gasteiger partial charge in [0.1, 0.15) is 11.5 Å². The van der Waals surface area contributed by atoms with E-state index in [1.165, 1.54) is 76.3 Å². The van der Waals surface area contributed by atoms with Crippen LogP contribution >= 0.6 is 15.8 Å². The first-order valence-electron chi connectivity index (χ1n) is 31.7. The first-order valence-corrected chi connectivity index (χ1v) is 34.4. The van der Waals surface area contributed by atoms with E-state index in [1.807, 2.05) is 0 Å². The molecular weight excluding hydrogens is 1650 g/mol. The summed E-state index contributed by atoms with van der Waals surface area (Å²) < 4.78 is 7.27. The molecule has 0 atom stereocenters. The van der Waals surface area contributed by atoms with Crippen LogP contribution in [0, 0.1) is 0 Å². The predicted octanol–water partition coefficient (Wildman–Crippen LogP) is 19.4. The van der Waals surface area contributed by atoms with E-state index in [0.717, 1.165) is 34.2 Å². The number of hydrogen-bond donors (Lipinski definition) is 0. The third kappa shape index (κ3) is 18.8. The second-order valence-electron chi connectivity index (χ2n) is 27.1. The third-order valence-corrected chi connectivity index (χ3v) is 21.5. The maximum atomic E-state index is 7.27. The average Bonchev–Trinajstić information content (AvgIpc) is 0.721. The zero-order valence-corrected chi connectivity index (χ0v) is 66.1. The summed E-state index contributed by atoms with van der Waals surface area (Å²) in [6.07, 6.45) is 0. The molecule has 0 saturated heterocycles. The van der Waals surface area contributed by atoms with Crippen molar-refractivity contribution >= 4 is 87.8 Å². The van der Waals surface area contributed by atoms with E-state index >= 15 is 0 Å². The summed E-state index contributed by atoms with van der Waals surface area (Å²) in [7, 11) is -0.892. The molecule has 1 heterocycles. The topological polar surface area (TPSA) is 37.4 Å². The zero-order valence-electron chi connectivity index (χ0n) is 56.7. The van der Waals surface area contributed by atoms with Gasteiger partial charge in [-0.3, -0.25) is 0 Å². The fraction of sp³-hybridized carbons (Fsp3) is 0.277. The minimum atomic E-state index is -0.446. The largest absolute Gasteiger partial charge is 3.00 e. The molecule has 2 radical (unpaired) electrons. The Morgan fingerprint density at radius 2 is 0.554 bits per heavy atom. The molecule has 0 N–H and O–H groups in total. The zero-order chi connectivity index (χ0) is 62.9. The van der Waals surface area contributed by atoms with Crippen LogP contribution in [-0.4, -0.2) is 17.4 Å². The van der Waals surface area contributed by atoms with Crippen LogP contribution in [-0.2, 0) is 61.0 Å². The molecule has 0 fully saturated rings. The molecule has 0 aromatic heterocycles. The smallest absolute Gasteiger partial charge is 1.00 e. The normalized spacial score (nSPS) is 12.1. The maximum Gasteiger partial charge on any atom is 3.00 e. The Labute approximate surface area is 615 Å². The summed E-state index contributed by atoms with van der Waals surface area (Å²) in [5.74, 6) is 3.03. The van der Waals surface area contributed by atoms with E-state index in [0.29, 0.717) is 23.7 Å². The molecule has 0 spiro atoms. The summed E-state index contributed by atoms with van der Waals surface area (Å²) in [5.41, 5.74) is 13.3. The van der Waals surface area contributed by atoms with E-state index in [2.05, 4.69) is 353 Å². The van der Waals surface area contributed by atoms with Gasteiger partial charge >= 0.3 is 17.4 Å². The molecule has 0 unspecified atom stereocenters. The maximum absolute atomic E-state index is 7.27. The van der Waals surface area contributed by atoms with Crippen molar-refractivity contribution in [2.45, 2.75) is 151 Å². The predicted molar refractivity (Wildman–Crippen MR) is 393 cm³/mol. The van der Waals surface area contributed by atoms with Gasteiger partial charge in [0.05, 0.1) is 0 Å².